The standard InChI is InChI=1S/C15H23NO4S/c1-5-13-8-14(6-7-15(13)19-4)21(17,18)16-9-11(2)20-12(3)10-16/h6-8,11-12H,5,9-10H2,1-4H3/t11-,12-/m1/s1. The van der Waals surface area contributed by atoms with Crippen molar-refractivity contribution in [3.05, 3.63) is 23.8 Å². The number of hydrogen-bond donors (Lipinski definition) is 0. The van der Waals surface area contributed by atoms with Gasteiger partial charge in [-0.2, -0.15) is 4.31 Å². The molecule has 2 rings (SSSR count). The molecule has 0 bridgehead atoms. The second kappa shape index (κ2) is 6.34. The van der Waals surface area contributed by atoms with Crippen LogP contribution in [0.3, 0.4) is 0 Å². The van der Waals surface area contributed by atoms with Crippen LogP contribution in [0.15, 0.2) is 23.1 Å². The second-order valence-electron chi connectivity index (χ2n) is 5.41. The molecule has 1 heterocycles. The minimum absolute atomic E-state index is 0.0904. The van der Waals surface area contributed by atoms with Crippen molar-refractivity contribution in [3.8, 4) is 5.75 Å². The predicted molar refractivity (Wildman–Crippen MR) is 81.1 cm³/mol. The number of ether oxygens (including phenoxy) is 2. The Kier molecular flexibility index (Phi) is 4.91. The summed E-state index contributed by atoms with van der Waals surface area (Å²) in [6, 6.07) is 5.04. The molecule has 1 aromatic carbocycles. The van der Waals surface area contributed by atoms with Crippen LogP contribution in [0.2, 0.25) is 0 Å². The van der Waals surface area contributed by atoms with Gasteiger partial charge in [0, 0.05) is 13.1 Å². The van der Waals surface area contributed by atoms with Crippen molar-refractivity contribution in [2.24, 2.45) is 0 Å². The smallest absolute Gasteiger partial charge is 0.243 e. The van der Waals surface area contributed by atoms with Gasteiger partial charge in [0.1, 0.15) is 5.75 Å². The summed E-state index contributed by atoms with van der Waals surface area (Å²) in [4.78, 5) is 0.321. The average Bonchev–Trinajstić information content (AvgIpc) is 2.45. The third kappa shape index (κ3) is 3.39. The Morgan fingerprint density at radius 2 is 1.90 bits per heavy atom. The Labute approximate surface area is 126 Å². The highest BCUT2D eigenvalue weighted by molar-refractivity contribution is 7.89. The van der Waals surface area contributed by atoms with Gasteiger partial charge in [-0.25, -0.2) is 8.42 Å². The molecule has 0 aliphatic carbocycles. The van der Waals surface area contributed by atoms with Crippen LogP contribution in [-0.2, 0) is 21.2 Å². The molecular weight excluding hydrogens is 290 g/mol. The third-order valence-corrected chi connectivity index (χ3v) is 5.48. The molecule has 6 heteroatoms. The lowest BCUT2D eigenvalue weighted by atomic mass is 10.1. The van der Waals surface area contributed by atoms with E-state index in [0.717, 1.165) is 17.7 Å². The fourth-order valence-corrected chi connectivity index (χ4v) is 4.31. The number of morpholine rings is 1. The molecule has 1 aliphatic rings. The molecule has 0 spiro atoms. The molecule has 0 radical (unpaired) electrons. The Morgan fingerprint density at radius 3 is 2.43 bits per heavy atom. The van der Waals surface area contributed by atoms with Crippen LogP contribution in [0.5, 0.6) is 5.75 Å². The van der Waals surface area contributed by atoms with E-state index in [1.165, 1.54) is 4.31 Å². The fourth-order valence-electron chi connectivity index (χ4n) is 2.67. The van der Waals surface area contributed by atoms with E-state index in [2.05, 4.69) is 0 Å². The number of hydrogen-bond acceptors (Lipinski definition) is 4. The highest BCUT2D eigenvalue weighted by atomic mass is 32.2. The molecule has 5 nitrogen and oxygen atoms in total. The Balaban J connectivity index is 2.35. The van der Waals surface area contributed by atoms with Gasteiger partial charge in [-0.3, -0.25) is 0 Å². The Bertz CT molecular complexity index is 590. The van der Waals surface area contributed by atoms with E-state index >= 15 is 0 Å². The molecule has 118 valence electrons. The van der Waals surface area contributed by atoms with Gasteiger partial charge < -0.3 is 9.47 Å². The largest absolute Gasteiger partial charge is 0.496 e. The normalized spacial score (nSPS) is 24.0. The Morgan fingerprint density at radius 1 is 1.29 bits per heavy atom. The molecule has 0 aromatic heterocycles. The minimum Gasteiger partial charge on any atom is -0.496 e. The van der Waals surface area contributed by atoms with Crippen molar-refractivity contribution >= 4 is 10.0 Å². The molecule has 0 amide bonds. The topological polar surface area (TPSA) is 55.8 Å². The Hall–Kier alpha value is -1.11. The number of aryl methyl sites for hydroxylation is 1. The van der Waals surface area contributed by atoms with Crippen LogP contribution in [0.1, 0.15) is 26.3 Å². The average molecular weight is 313 g/mol. The van der Waals surface area contributed by atoms with Crippen molar-refractivity contribution in [1.82, 2.24) is 4.31 Å². The van der Waals surface area contributed by atoms with Gasteiger partial charge in [-0.1, -0.05) is 6.92 Å². The lowest BCUT2D eigenvalue weighted by Crippen LogP contribution is -2.48. The van der Waals surface area contributed by atoms with Crippen LogP contribution in [-0.4, -0.2) is 45.1 Å². The number of benzene rings is 1. The fraction of sp³-hybridized carbons (Fsp3) is 0.600. The molecule has 0 saturated carbocycles. The number of sulfonamides is 1. The van der Waals surface area contributed by atoms with E-state index in [1.807, 2.05) is 20.8 Å². The van der Waals surface area contributed by atoms with E-state index in [-0.39, 0.29) is 12.2 Å². The maximum atomic E-state index is 12.8. The van der Waals surface area contributed by atoms with E-state index in [0.29, 0.717) is 18.0 Å². The first-order valence-corrected chi connectivity index (χ1v) is 8.65. The van der Waals surface area contributed by atoms with Gasteiger partial charge in [0.05, 0.1) is 24.2 Å². The zero-order valence-electron chi connectivity index (χ0n) is 13.0. The summed E-state index contributed by atoms with van der Waals surface area (Å²) in [6.45, 7) is 6.54. The zero-order valence-corrected chi connectivity index (χ0v) is 13.8. The maximum Gasteiger partial charge on any atom is 0.243 e. The second-order valence-corrected chi connectivity index (χ2v) is 7.34. The summed E-state index contributed by atoms with van der Waals surface area (Å²) in [5.74, 6) is 0.722. The quantitative estimate of drug-likeness (QED) is 0.854. The van der Waals surface area contributed by atoms with E-state index in [9.17, 15) is 8.42 Å². The SMILES string of the molecule is CCc1cc(S(=O)(=O)N2C[C@@H](C)O[C@H](C)C2)ccc1OC. The molecule has 1 saturated heterocycles. The minimum atomic E-state index is -3.49. The van der Waals surface area contributed by atoms with Gasteiger partial charge in [0.15, 0.2) is 0 Å². The lowest BCUT2D eigenvalue weighted by Gasteiger charge is -2.34. The van der Waals surface area contributed by atoms with Gasteiger partial charge in [-0.15, -0.1) is 0 Å². The predicted octanol–water partition coefficient (Wildman–Crippen LogP) is 2.06. The molecule has 1 aliphatic heterocycles. The summed E-state index contributed by atoms with van der Waals surface area (Å²) < 4.78 is 37.9. The highest BCUT2D eigenvalue weighted by Gasteiger charge is 2.32. The molecule has 1 fully saturated rings. The van der Waals surface area contributed by atoms with Gasteiger partial charge >= 0.3 is 0 Å². The van der Waals surface area contributed by atoms with Crippen LogP contribution < -0.4 is 4.74 Å². The third-order valence-electron chi connectivity index (χ3n) is 3.66. The molecule has 21 heavy (non-hydrogen) atoms. The first-order chi connectivity index (χ1) is 9.88. The van der Waals surface area contributed by atoms with Crippen LogP contribution in [0, 0.1) is 0 Å². The summed E-state index contributed by atoms with van der Waals surface area (Å²) in [7, 11) is -1.90. The molecular formula is C15H23NO4S. The van der Waals surface area contributed by atoms with Crippen molar-refractivity contribution in [1.29, 1.82) is 0 Å². The number of rotatable bonds is 4. The van der Waals surface area contributed by atoms with E-state index in [4.69, 9.17) is 9.47 Å². The number of nitrogens with zero attached hydrogens (tertiary/aromatic N) is 1. The van der Waals surface area contributed by atoms with Crippen molar-refractivity contribution in [3.63, 3.8) is 0 Å². The number of methoxy groups -OCH3 is 1. The van der Waals surface area contributed by atoms with Crippen LogP contribution in [0.25, 0.3) is 0 Å². The summed E-state index contributed by atoms with van der Waals surface area (Å²) in [5.41, 5.74) is 0.896. The van der Waals surface area contributed by atoms with Gasteiger partial charge in [-0.05, 0) is 44.0 Å². The molecule has 1 aromatic rings. The van der Waals surface area contributed by atoms with Gasteiger partial charge in [0.25, 0.3) is 0 Å². The first kappa shape index (κ1) is 16.3. The van der Waals surface area contributed by atoms with Crippen molar-refractivity contribution in [2.75, 3.05) is 20.2 Å². The first-order valence-electron chi connectivity index (χ1n) is 7.21. The summed E-state index contributed by atoms with van der Waals surface area (Å²) in [5, 5.41) is 0. The van der Waals surface area contributed by atoms with Crippen LogP contribution >= 0.6 is 0 Å². The summed E-state index contributed by atoms with van der Waals surface area (Å²) >= 11 is 0. The van der Waals surface area contributed by atoms with Crippen LogP contribution in [0.4, 0.5) is 0 Å². The molecule has 2 atom stereocenters. The highest BCUT2D eigenvalue weighted by Crippen LogP contribution is 2.26. The van der Waals surface area contributed by atoms with E-state index in [1.54, 1.807) is 25.3 Å². The van der Waals surface area contributed by atoms with Crippen molar-refractivity contribution < 1.29 is 17.9 Å². The summed E-state index contributed by atoms with van der Waals surface area (Å²) in [6.07, 6.45) is 0.544. The van der Waals surface area contributed by atoms with Gasteiger partial charge in [0.2, 0.25) is 10.0 Å². The maximum absolute atomic E-state index is 12.8. The lowest BCUT2D eigenvalue weighted by molar-refractivity contribution is -0.0440. The van der Waals surface area contributed by atoms with E-state index < -0.39 is 10.0 Å². The molecule has 0 N–H and O–H groups in total. The zero-order chi connectivity index (χ0) is 15.6. The monoisotopic (exact) mass is 313 g/mol. The molecule has 0 unspecified atom stereocenters. The van der Waals surface area contributed by atoms with Crippen molar-refractivity contribution in [2.45, 2.75) is 44.3 Å².